The summed E-state index contributed by atoms with van der Waals surface area (Å²) in [5.74, 6) is 2.78. The Morgan fingerprint density at radius 1 is 0.889 bits per heavy atom. The first-order valence-corrected chi connectivity index (χ1v) is 8.14. The third-order valence-corrected chi connectivity index (χ3v) is 3.86. The van der Waals surface area contributed by atoms with Gasteiger partial charge in [0.05, 0.1) is 14.2 Å². The summed E-state index contributed by atoms with van der Waals surface area (Å²) < 4.78 is 16.0. The summed E-state index contributed by atoms with van der Waals surface area (Å²) in [6.45, 7) is 0.222. The Morgan fingerprint density at radius 3 is 2.48 bits per heavy atom. The third kappa shape index (κ3) is 3.61. The van der Waals surface area contributed by atoms with Crippen LogP contribution in [0, 0.1) is 0 Å². The average Bonchev–Trinajstić information content (AvgIpc) is 3.38. The summed E-state index contributed by atoms with van der Waals surface area (Å²) in [6.07, 6.45) is 0. The van der Waals surface area contributed by atoms with Gasteiger partial charge in [0.1, 0.15) is 18.0 Å². The largest absolute Gasteiger partial charge is 0.497 e. The maximum atomic E-state index is 5.69. The van der Waals surface area contributed by atoms with E-state index < -0.39 is 0 Å². The molecule has 0 aliphatic heterocycles. The number of nitrogens with zero attached hydrogens (tertiary/aromatic N) is 6. The molecule has 0 unspecified atom stereocenters. The van der Waals surface area contributed by atoms with Crippen molar-refractivity contribution in [1.82, 2.24) is 30.4 Å². The first-order chi connectivity index (χ1) is 13.2. The van der Waals surface area contributed by atoms with Crippen molar-refractivity contribution in [2.24, 2.45) is 0 Å². The summed E-state index contributed by atoms with van der Waals surface area (Å²) in [5, 5.41) is 20.6. The fourth-order valence-corrected chi connectivity index (χ4v) is 2.48. The summed E-state index contributed by atoms with van der Waals surface area (Å²) in [4.78, 5) is 1.40. The van der Waals surface area contributed by atoms with E-state index in [1.807, 2.05) is 48.5 Å². The van der Waals surface area contributed by atoms with E-state index in [1.54, 1.807) is 14.2 Å². The van der Waals surface area contributed by atoms with Crippen LogP contribution in [0.25, 0.3) is 22.8 Å². The van der Waals surface area contributed by atoms with E-state index in [0.29, 0.717) is 17.6 Å². The van der Waals surface area contributed by atoms with Crippen LogP contribution in [0.1, 0.15) is 5.89 Å². The van der Waals surface area contributed by atoms with E-state index in [2.05, 4.69) is 25.6 Å². The molecule has 4 rings (SSSR count). The molecule has 0 spiro atoms. The van der Waals surface area contributed by atoms with Gasteiger partial charge in [-0.1, -0.05) is 12.1 Å². The van der Waals surface area contributed by atoms with E-state index in [1.165, 1.54) is 4.80 Å². The molecule has 136 valence electrons. The third-order valence-electron chi connectivity index (χ3n) is 3.86. The standard InChI is InChI=1S/C18H16N6O3/c1-25-14-8-6-12(7-9-14)18-21-19-16(27-18)11-24-22-17(20-23-24)13-4-3-5-15(10-13)26-2/h3-10H,11H2,1-2H3. The highest BCUT2D eigenvalue weighted by molar-refractivity contribution is 5.56. The van der Waals surface area contributed by atoms with Crippen LogP contribution in [0.3, 0.4) is 0 Å². The number of ether oxygens (including phenoxy) is 2. The van der Waals surface area contributed by atoms with E-state index >= 15 is 0 Å². The minimum absolute atomic E-state index is 0.222. The molecule has 0 atom stereocenters. The van der Waals surface area contributed by atoms with Crippen LogP contribution in [0.4, 0.5) is 0 Å². The molecule has 0 aliphatic rings. The Hall–Kier alpha value is -3.75. The zero-order valence-corrected chi connectivity index (χ0v) is 14.7. The molecule has 2 aromatic heterocycles. The lowest BCUT2D eigenvalue weighted by molar-refractivity contribution is 0.414. The van der Waals surface area contributed by atoms with E-state index in [9.17, 15) is 0 Å². The molecule has 9 nitrogen and oxygen atoms in total. The van der Waals surface area contributed by atoms with Crippen molar-refractivity contribution in [3.05, 3.63) is 54.4 Å². The van der Waals surface area contributed by atoms with Crippen molar-refractivity contribution in [3.8, 4) is 34.3 Å². The molecular weight excluding hydrogens is 348 g/mol. The van der Waals surface area contributed by atoms with Gasteiger partial charge in [-0.2, -0.15) is 4.80 Å². The van der Waals surface area contributed by atoms with Crippen LogP contribution in [-0.2, 0) is 6.54 Å². The molecule has 0 saturated heterocycles. The predicted molar refractivity (Wildman–Crippen MR) is 95.2 cm³/mol. The molecule has 2 heterocycles. The molecular formula is C18H16N6O3. The van der Waals surface area contributed by atoms with Gasteiger partial charge in [0.15, 0.2) is 0 Å². The second-order valence-corrected chi connectivity index (χ2v) is 5.60. The zero-order chi connectivity index (χ0) is 18.6. The molecule has 0 amide bonds. The molecule has 0 fully saturated rings. The second-order valence-electron chi connectivity index (χ2n) is 5.60. The van der Waals surface area contributed by atoms with Crippen LogP contribution in [0.2, 0.25) is 0 Å². The Bertz CT molecular complexity index is 1040. The van der Waals surface area contributed by atoms with Gasteiger partial charge in [-0.25, -0.2) is 0 Å². The van der Waals surface area contributed by atoms with Crippen LogP contribution in [0.15, 0.2) is 52.9 Å². The fourth-order valence-electron chi connectivity index (χ4n) is 2.48. The Morgan fingerprint density at radius 2 is 1.70 bits per heavy atom. The molecule has 4 aromatic rings. The maximum absolute atomic E-state index is 5.69. The van der Waals surface area contributed by atoms with Gasteiger partial charge < -0.3 is 13.9 Å². The maximum Gasteiger partial charge on any atom is 0.247 e. The van der Waals surface area contributed by atoms with Gasteiger partial charge in [0, 0.05) is 11.1 Å². The highest BCUT2D eigenvalue weighted by Gasteiger charge is 2.12. The van der Waals surface area contributed by atoms with Gasteiger partial charge in [0.25, 0.3) is 0 Å². The molecule has 0 aliphatic carbocycles. The lowest BCUT2D eigenvalue weighted by Crippen LogP contribution is -2.04. The van der Waals surface area contributed by atoms with E-state index in [4.69, 9.17) is 13.9 Å². The summed E-state index contributed by atoms with van der Waals surface area (Å²) in [6, 6.07) is 14.8. The van der Waals surface area contributed by atoms with Crippen molar-refractivity contribution in [3.63, 3.8) is 0 Å². The van der Waals surface area contributed by atoms with Crippen LogP contribution < -0.4 is 9.47 Å². The number of rotatable bonds is 6. The van der Waals surface area contributed by atoms with Crippen LogP contribution in [-0.4, -0.2) is 44.6 Å². The topological polar surface area (TPSA) is 101 Å². The van der Waals surface area contributed by atoms with Crippen molar-refractivity contribution in [2.75, 3.05) is 14.2 Å². The van der Waals surface area contributed by atoms with Crippen LogP contribution >= 0.6 is 0 Å². The molecule has 0 saturated carbocycles. The first-order valence-electron chi connectivity index (χ1n) is 8.14. The van der Waals surface area contributed by atoms with Crippen molar-refractivity contribution >= 4 is 0 Å². The number of hydrogen-bond acceptors (Lipinski definition) is 8. The number of hydrogen-bond donors (Lipinski definition) is 0. The van der Waals surface area contributed by atoms with Crippen molar-refractivity contribution in [2.45, 2.75) is 6.54 Å². The molecule has 2 aromatic carbocycles. The first kappa shape index (κ1) is 16.7. The van der Waals surface area contributed by atoms with Gasteiger partial charge in [0.2, 0.25) is 17.6 Å². The second kappa shape index (κ2) is 7.24. The molecule has 27 heavy (non-hydrogen) atoms. The normalized spacial score (nSPS) is 10.7. The quantitative estimate of drug-likeness (QED) is 0.514. The molecule has 9 heteroatoms. The summed E-state index contributed by atoms with van der Waals surface area (Å²) in [5.41, 5.74) is 1.61. The number of benzene rings is 2. The highest BCUT2D eigenvalue weighted by atomic mass is 16.5. The van der Waals surface area contributed by atoms with Crippen LogP contribution in [0.5, 0.6) is 11.5 Å². The minimum atomic E-state index is 0.222. The summed E-state index contributed by atoms with van der Waals surface area (Å²) in [7, 11) is 3.23. The SMILES string of the molecule is COc1ccc(-c2nnc(Cn3nnc(-c4cccc(OC)c4)n3)o2)cc1. The Labute approximate surface area is 154 Å². The minimum Gasteiger partial charge on any atom is -0.497 e. The van der Waals surface area contributed by atoms with Gasteiger partial charge in [-0.15, -0.1) is 20.4 Å². The van der Waals surface area contributed by atoms with Gasteiger partial charge in [-0.05, 0) is 41.6 Å². The Balaban J connectivity index is 1.50. The van der Waals surface area contributed by atoms with E-state index in [0.717, 1.165) is 22.6 Å². The number of tetrazole rings is 1. The number of aromatic nitrogens is 6. The summed E-state index contributed by atoms with van der Waals surface area (Å²) >= 11 is 0. The Kier molecular flexibility index (Phi) is 4.48. The molecule has 0 radical (unpaired) electrons. The average molecular weight is 364 g/mol. The lowest BCUT2D eigenvalue weighted by Gasteiger charge is -2.00. The monoisotopic (exact) mass is 364 g/mol. The highest BCUT2D eigenvalue weighted by Crippen LogP contribution is 2.22. The molecule has 0 bridgehead atoms. The molecule has 0 N–H and O–H groups in total. The fraction of sp³-hybridized carbons (Fsp3) is 0.167. The van der Waals surface area contributed by atoms with Gasteiger partial charge >= 0.3 is 0 Å². The van der Waals surface area contributed by atoms with E-state index in [-0.39, 0.29) is 6.54 Å². The predicted octanol–water partition coefficient (Wildman–Crippen LogP) is 2.46. The van der Waals surface area contributed by atoms with Crippen molar-refractivity contribution in [1.29, 1.82) is 0 Å². The smallest absolute Gasteiger partial charge is 0.247 e. The van der Waals surface area contributed by atoms with Gasteiger partial charge in [-0.3, -0.25) is 0 Å². The number of methoxy groups -OCH3 is 2. The van der Waals surface area contributed by atoms with Crippen molar-refractivity contribution < 1.29 is 13.9 Å². The zero-order valence-electron chi connectivity index (χ0n) is 14.7. The lowest BCUT2D eigenvalue weighted by atomic mass is 10.2.